The third kappa shape index (κ3) is 3.73. The average Bonchev–Trinajstić information content (AvgIpc) is 3.35. The first-order valence-corrected chi connectivity index (χ1v) is 9.66. The lowest BCUT2D eigenvalue weighted by molar-refractivity contribution is -0.142. The molecule has 0 aliphatic heterocycles. The van der Waals surface area contributed by atoms with E-state index < -0.39 is 17.8 Å². The summed E-state index contributed by atoms with van der Waals surface area (Å²) in [6.07, 6.45) is -0.780. The quantitative estimate of drug-likeness (QED) is 0.665. The minimum absolute atomic E-state index is 0.0518. The van der Waals surface area contributed by atoms with Gasteiger partial charge < -0.3 is 10.2 Å². The summed E-state index contributed by atoms with van der Waals surface area (Å²) in [5.74, 6) is -1.15. The molecule has 0 bridgehead atoms. The largest absolute Gasteiger partial charge is 0.433 e. The second-order valence-electron chi connectivity index (χ2n) is 7.51. The van der Waals surface area contributed by atoms with E-state index in [0.29, 0.717) is 11.1 Å². The van der Waals surface area contributed by atoms with Gasteiger partial charge in [-0.05, 0) is 25.8 Å². The molecule has 12 heteroatoms. The lowest BCUT2D eigenvalue weighted by Gasteiger charge is -2.13. The highest BCUT2D eigenvalue weighted by Gasteiger charge is 2.38. The number of amides is 2. The number of hydrogen-bond acceptors (Lipinski definition) is 5. The SMILES string of the molecule is CCn1ncc(NC(=O)c2cnn3c(C(F)(F)F)cc(C4CC4)nc23)c1C(=O)N(C)C. The van der Waals surface area contributed by atoms with Crippen molar-refractivity contribution in [2.24, 2.45) is 0 Å². The molecular formula is C19H20F3N7O2. The lowest BCUT2D eigenvalue weighted by Crippen LogP contribution is -2.26. The third-order valence-corrected chi connectivity index (χ3v) is 5.02. The standard InChI is InChI=1S/C19H20F3N7O2/c1-4-28-15(18(31)27(2)3)13(9-23-28)26-17(30)11-8-24-29-14(19(20,21)22)7-12(10-5-6-10)25-16(11)29/h7-10H,4-6H2,1-3H3,(H,26,30). The van der Waals surface area contributed by atoms with E-state index in [1.54, 1.807) is 21.0 Å². The highest BCUT2D eigenvalue weighted by atomic mass is 19.4. The molecule has 3 heterocycles. The zero-order chi connectivity index (χ0) is 22.5. The molecule has 2 amide bonds. The van der Waals surface area contributed by atoms with E-state index >= 15 is 0 Å². The lowest BCUT2D eigenvalue weighted by atomic mass is 10.2. The predicted octanol–water partition coefficient (Wildman–Crippen LogP) is 2.80. The van der Waals surface area contributed by atoms with Crippen LogP contribution < -0.4 is 5.32 Å². The van der Waals surface area contributed by atoms with E-state index in [0.717, 1.165) is 25.1 Å². The molecule has 0 radical (unpaired) electrons. The molecule has 1 N–H and O–H groups in total. The molecule has 0 spiro atoms. The maximum atomic E-state index is 13.6. The molecule has 1 saturated carbocycles. The fraction of sp³-hybridized carbons (Fsp3) is 0.421. The molecule has 1 aliphatic carbocycles. The predicted molar refractivity (Wildman–Crippen MR) is 104 cm³/mol. The van der Waals surface area contributed by atoms with Crippen LogP contribution in [0.25, 0.3) is 5.65 Å². The van der Waals surface area contributed by atoms with Gasteiger partial charge in [-0.2, -0.15) is 23.4 Å². The van der Waals surface area contributed by atoms with Crippen LogP contribution in [0.2, 0.25) is 0 Å². The van der Waals surface area contributed by atoms with Crippen LogP contribution in [0.5, 0.6) is 0 Å². The van der Waals surface area contributed by atoms with Crippen molar-refractivity contribution in [3.63, 3.8) is 0 Å². The number of aromatic nitrogens is 5. The van der Waals surface area contributed by atoms with Crippen molar-refractivity contribution in [3.8, 4) is 0 Å². The van der Waals surface area contributed by atoms with Gasteiger partial charge in [-0.25, -0.2) is 9.50 Å². The Morgan fingerprint density at radius 3 is 2.52 bits per heavy atom. The first kappa shape index (κ1) is 20.8. The van der Waals surface area contributed by atoms with Crippen LogP contribution in [-0.2, 0) is 12.7 Å². The van der Waals surface area contributed by atoms with Crippen LogP contribution in [-0.4, -0.2) is 55.2 Å². The van der Waals surface area contributed by atoms with Gasteiger partial charge in [0.05, 0.1) is 18.1 Å². The molecule has 1 aliphatic rings. The smallest absolute Gasteiger partial charge is 0.343 e. The number of nitrogens with one attached hydrogen (secondary N) is 1. The zero-order valence-corrected chi connectivity index (χ0v) is 17.1. The minimum atomic E-state index is -4.65. The number of carbonyl (C=O) groups excluding carboxylic acids is 2. The number of rotatable bonds is 5. The summed E-state index contributed by atoms with van der Waals surface area (Å²) in [4.78, 5) is 31.1. The van der Waals surface area contributed by atoms with Crippen LogP contribution >= 0.6 is 0 Å². The second kappa shape index (κ2) is 7.36. The van der Waals surface area contributed by atoms with Gasteiger partial charge in [0.25, 0.3) is 11.8 Å². The monoisotopic (exact) mass is 435 g/mol. The Hall–Kier alpha value is -3.44. The molecule has 3 aromatic rings. The summed E-state index contributed by atoms with van der Waals surface area (Å²) in [5.41, 5.74) is -0.685. The van der Waals surface area contributed by atoms with Crippen molar-refractivity contribution >= 4 is 23.1 Å². The van der Waals surface area contributed by atoms with Crippen LogP contribution in [0.3, 0.4) is 0 Å². The van der Waals surface area contributed by atoms with Crippen molar-refractivity contribution in [2.75, 3.05) is 19.4 Å². The molecule has 4 rings (SSSR count). The van der Waals surface area contributed by atoms with E-state index in [9.17, 15) is 22.8 Å². The van der Waals surface area contributed by atoms with Gasteiger partial charge in [-0.1, -0.05) is 0 Å². The fourth-order valence-electron chi connectivity index (χ4n) is 3.28. The number of alkyl halides is 3. The topological polar surface area (TPSA) is 97.4 Å². The van der Waals surface area contributed by atoms with Gasteiger partial charge in [0, 0.05) is 32.3 Å². The van der Waals surface area contributed by atoms with E-state index in [1.807, 2.05) is 0 Å². The van der Waals surface area contributed by atoms with Gasteiger partial charge in [0.15, 0.2) is 5.65 Å². The van der Waals surface area contributed by atoms with E-state index in [1.165, 1.54) is 15.8 Å². The molecule has 164 valence electrons. The molecule has 9 nitrogen and oxygen atoms in total. The van der Waals surface area contributed by atoms with E-state index in [-0.39, 0.29) is 40.1 Å². The maximum Gasteiger partial charge on any atom is 0.433 e. The van der Waals surface area contributed by atoms with Crippen LogP contribution in [0, 0.1) is 0 Å². The minimum Gasteiger partial charge on any atom is -0.343 e. The number of hydrogen-bond donors (Lipinski definition) is 1. The number of aryl methyl sites for hydroxylation is 1. The summed E-state index contributed by atoms with van der Waals surface area (Å²) in [5, 5.41) is 10.4. The normalized spacial score (nSPS) is 14.1. The van der Waals surface area contributed by atoms with Crippen molar-refractivity contribution in [1.82, 2.24) is 29.3 Å². The molecule has 0 unspecified atom stereocenters. The highest BCUT2D eigenvalue weighted by molar-refractivity contribution is 6.10. The molecule has 0 atom stereocenters. The Kier molecular flexibility index (Phi) is 4.94. The number of nitrogens with zero attached hydrogens (tertiary/aromatic N) is 6. The second-order valence-corrected chi connectivity index (χ2v) is 7.51. The van der Waals surface area contributed by atoms with E-state index in [4.69, 9.17) is 0 Å². The summed E-state index contributed by atoms with van der Waals surface area (Å²) >= 11 is 0. The molecule has 1 fully saturated rings. The Morgan fingerprint density at radius 2 is 1.94 bits per heavy atom. The van der Waals surface area contributed by atoms with Crippen molar-refractivity contribution in [1.29, 1.82) is 0 Å². The van der Waals surface area contributed by atoms with Gasteiger partial charge in [-0.15, -0.1) is 0 Å². The Morgan fingerprint density at radius 1 is 1.23 bits per heavy atom. The van der Waals surface area contributed by atoms with Crippen LogP contribution in [0.15, 0.2) is 18.5 Å². The molecule has 0 saturated heterocycles. The molecule has 0 aromatic carbocycles. The van der Waals surface area contributed by atoms with Gasteiger partial charge in [0.1, 0.15) is 17.0 Å². The first-order valence-electron chi connectivity index (χ1n) is 9.66. The maximum absolute atomic E-state index is 13.6. The molecule has 31 heavy (non-hydrogen) atoms. The summed E-state index contributed by atoms with van der Waals surface area (Å²) in [7, 11) is 3.13. The van der Waals surface area contributed by atoms with E-state index in [2.05, 4.69) is 20.5 Å². The third-order valence-electron chi connectivity index (χ3n) is 5.02. The Bertz CT molecular complexity index is 1180. The van der Waals surface area contributed by atoms with Crippen molar-refractivity contribution in [3.05, 3.63) is 41.1 Å². The average molecular weight is 435 g/mol. The fourth-order valence-corrected chi connectivity index (χ4v) is 3.28. The Balaban J connectivity index is 1.75. The summed E-state index contributed by atoms with van der Waals surface area (Å²) < 4.78 is 42.7. The first-order chi connectivity index (χ1) is 14.6. The number of fused-ring (bicyclic) bond motifs is 1. The summed E-state index contributed by atoms with van der Waals surface area (Å²) in [6, 6.07) is 0.985. The van der Waals surface area contributed by atoms with Crippen molar-refractivity contribution < 1.29 is 22.8 Å². The zero-order valence-electron chi connectivity index (χ0n) is 17.1. The van der Waals surface area contributed by atoms with Crippen molar-refractivity contribution in [2.45, 2.75) is 38.4 Å². The summed E-state index contributed by atoms with van der Waals surface area (Å²) in [6.45, 7) is 2.18. The van der Waals surface area contributed by atoms with Crippen LogP contribution in [0.4, 0.5) is 18.9 Å². The molecule has 3 aromatic heterocycles. The van der Waals surface area contributed by atoms with Gasteiger partial charge in [0.2, 0.25) is 0 Å². The highest BCUT2D eigenvalue weighted by Crippen LogP contribution is 2.41. The number of halogens is 3. The van der Waals surface area contributed by atoms with Gasteiger partial charge >= 0.3 is 6.18 Å². The van der Waals surface area contributed by atoms with Gasteiger partial charge in [-0.3, -0.25) is 14.3 Å². The number of carbonyl (C=O) groups is 2. The number of anilines is 1. The Labute approximate surface area is 174 Å². The molecular weight excluding hydrogens is 415 g/mol. The van der Waals surface area contributed by atoms with Crippen LogP contribution in [0.1, 0.15) is 57.9 Å².